The lowest BCUT2D eigenvalue weighted by atomic mass is 10.0. The van der Waals surface area contributed by atoms with Crippen molar-refractivity contribution in [2.45, 2.75) is 0 Å². The van der Waals surface area contributed by atoms with E-state index >= 15 is 0 Å². The summed E-state index contributed by atoms with van der Waals surface area (Å²) in [6.45, 7) is 3.83. The summed E-state index contributed by atoms with van der Waals surface area (Å²) in [5.41, 5.74) is 1.82. The number of carbonyl (C=O) groups is 2. The minimum Gasteiger partial charge on any atom is -0.497 e. The number of para-hydroxylation sites is 1. The molecule has 1 fully saturated rings. The van der Waals surface area contributed by atoms with Crippen molar-refractivity contribution in [2.75, 3.05) is 58.9 Å². The highest BCUT2D eigenvalue weighted by Crippen LogP contribution is 2.35. The first-order valence-corrected chi connectivity index (χ1v) is 10.6. The number of amides is 2. The molecule has 2 aliphatic heterocycles. The Labute approximate surface area is 187 Å². The van der Waals surface area contributed by atoms with Crippen LogP contribution in [0.25, 0.3) is 5.57 Å². The third kappa shape index (κ3) is 4.46. The van der Waals surface area contributed by atoms with Crippen molar-refractivity contribution in [2.24, 2.45) is 0 Å². The van der Waals surface area contributed by atoms with Crippen LogP contribution in [0.4, 0.5) is 5.69 Å². The van der Waals surface area contributed by atoms with Crippen molar-refractivity contribution in [1.29, 1.82) is 0 Å². The number of rotatable bonds is 8. The summed E-state index contributed by atoms with van der Waals surface area (Å²) < 4.78 is 16.1. The second kappa shape index (κ2) is 9.84. The van der Waals surface area contributed by atoms with Gasteiger partial charge in [0.25, 0.3) is 11.8 Å². The first-order valence-electron chi connectivity index (χ1n) is 10.6. The van der Waals surface area contributed by atoms with Gasteiger partial charge in [-0.3, -0.25) is 19.4 Å². The van der Waals surface area contributed by atoms with Crippen LogP contribution in [-0.4, -0.2) is 75.2 Å². The van der Waals surface area contributed by atoms with Crippen LogP contribution < -0.4 is 14.8 Å². The van der Waals surface area contributed by atoms with Gasteiger partial charge in [0.2, 0.25) is 0 Å². The fraction of sp³-hybridized carbons (Fsp3) is 0.333. The molecule has 0 aliphatic carbocycles. The largest absolute Gasteiger partial charge is 0.497 e. The molecule has 0 spiro atoms. The van der Waals surface area contributed by atoms with Gasteiger partial charge in [-0.05, 0) is 30.3 Å². The molecule has 2 aromatic rings. The number of carbonyl (C=O) groups excluding carboxylic acids is 2. The van der Waals surface area contributed by atoms with Gasteiger partial charge in [0.1, 0.15) is 17.2 Å². The summed E-state index contributed by atoms with van der Waals surface area (Å²) in [6, 6.07) is 14.4. The average molecular weight is 437 g/mol. The van der Waals surface area contributed by atoms with Gasteiger partial charge in [-0.1, -0.05) is 18.2 Å². The van der Waals surface area contributed by atoms with Crippen LogP contribution in [0.3, 0.4) is 0 Å². The Morgan fingerprint density at radius 3 is 2.31 bits per heavy atom. The smallest absolute Gasteiger partial charge is 0.278 e. The van der Waals surface area contributed by atoms with Crippen LogP contribution in [0.15, 0.2) is 54.2 Å². The maximum absolute atomic E-state index is 13.4. The van der Waals surface area contributed by atoms with E-state index in [9.17, 15) is 9.59 Å². The molecule has 0 atom stereocenters. The number of nitrogens with zero attached hydrogens (tertiary/aromatic N) is 2. The van der Waals surface area contributed by atoms with E-state index < -0.39 is 0 Å². The SMILES string of the molecule is COc1ccc(NC2=C(c3ccccc3OC)C(=O)N(CCN3CCOCC3)C2=O)cc1. The number of ether oxygens (including phenoxy) is 3. The average Bonchev–Trinajstić information content (AvgIpc) is 3.07. The van der Waals surface area contributed by atoms with Gasteiger partial charge in [-0.25, -0.2) is 0 Å². The maximum Gasteiger partial charge on any atom is 0.278 e. The van der Waals surface area contributed by atoms with Crippen LogP contribution >= 0.6 is 0 Å². The topological polar surface area (TPSA) is 80.3 Å². The van der Waals surface area contributed by atoms with Crippen molar-refractivity contribution in [1.82, 2.24) is 9.80 Å². The van der Waals surface area contributed by atoms with Crippen LogP contribution in [0.2, 0.25) is 0 Å². The van der Waals surface area contributed by atoms with Crippen molar-refractivity contribution < 1.29 is 23.8 Å². The van der Waals surface area contributed by atoms with Crippen molar-refractivity contribution in [3.63, 3.8) is 0 Å². The molecule has 4 rings (SSSR count). The summed E-state index contributed by atoms with van der Waals surface area (Å²) in [6.07, 6.45) is 0. The van der Waals surface area contributed by atoms with Crippen molar-refractivity contribution in [3.05, 3.63) is 59.8 Å². The minimum absolute atomic E-state index is 0.242. The Balaban J connectivity index is 1.65. The van der Waals surface area contributed by atoms with E-state index in [2.05, 4.69) is 10.2 Å². The van der Waals surface area contributed by atoms with Crippen LogP contribution in [0.5, 0.6) is 11.5 Å². The Hall–Kier alpha value is -3.36. The molecule has 2 amide bonds. The molecular formula is C24H27N3O5. The lowest BCUT2D eigenvalue weighted by molar-refractivity contribution is -0.137. The molecule has 2 heterocycles. The van der Waals surface area contributed by atoms with Gasteiger partial charge in [0.05, 0.1) is 33.0 Å². The third-order valence-electron chi connectivity index (χ3n) is 5.65. The lowest BCUT2D eigenvalue weighted by Gasteiger charge is -2.28. The van der Waals surface area contributed by atoms with Gasteiger partial charge < -0.3 is 19.5 Å². The third-order valence-corrected chi connectivity index (χ3v) is 5.65. The number of nitrogens with one attached hydrogen (secondary N) is 1. The fourth-order valence-electron chi connectivity index (χ4n) is 3.88. The monoisotopic (exact) mass is 437 g/mol. The van der Waals surface area contributed by atoms with Crippen molar-refractivity contribution >= 4 is 23.1 Å². The van der Waals surface area contributed by atoms with E-state index in [0.717, 1.165) is 13.1 Å². The molecule has 0 radical (unpaired) electrons. The molecule has 1 saturated heterocycles. The molecule has 168 valence electrons. The molecule has 2 aliphatic rings. The molecule has 0 aromatic heterocycles. The van der Waals surface area contributed by atoms with E-state index in [1.165, 1.54) is 4.90 Å². The van der Waals surface area contributed by atoms with Crippen LogP contribution in [0, 0.1) is 0 Å². The van der Waals surface area contributed by atoms with Gasteiger partial charge in [-0.15, -0.1) is 0 Å². The summed E-state index contributed by atoms with van der Waals surface area (Å²) in [5.74, 6) is 0.562. The Kier molecular flexibility index (Phi) is 6.72. The number of imide groups is 1. The van der Waals surface area contributed by atoms with Crippen molar-refractivity contribution in [3.8, 4) is 11.5 Å². The number of morpholine rings is 1. The Bertz CT molecular complexity index is 1010. The zero-order valence-corrected chi connectivity index (χ0v) is 18.3. The van der Waals surface area contributed by atoms with Gasteiger partial charge >= 0.3 is 0 Å². The van der Waals surface area contributed by atoms with E-state index in [0.29, 0.717) is 54.6 Å². The minimum atomic E-state index is -0.347. The van der Waals surface area contributed by atoms with E-state index in [1.54, 1.807) is 50.6 Å². The van der Waals surface area contributed by atoms with Gasteiger partial charge in [0.15, 0.2) is 0 Å². The van der Waals surface area contributed by atoms with E-state index in [-0.39, 0.29) is 17.5 Å². The summed E-state index contributed by atoms with van der Waals surface area (Å²) in [4.78, 5) is 30.3. The zero-order valence-electron chi connectivity index (χ0n) is 18.3. The van der Waals surface area contributed by atoms with Gasteiger partial charge in [-0.2, -0.15) is 0 Å². The van der Waals surface area contributed by atoms with E-state index in [4.69, 9.17) is 14.2 Å². The fourth-order valence-corrected chi connectivity index (χ4v) is 3.88. The predicted molar refractivity (Wildman–Crippen MR) is 121 cm³/mol. The Morgan fingerprint density at radius 2 is 1.62 bits per heavy atom. The molecule has 1 N–H and O–H groups in total. The predicted octanol–water partition coefficient (Wildman–Crippen LogP) is 2.23. The standard InChI is InChI=1S/C24H27N3O5/c1-30-18-9-7-17(8-10-18)25-22-21(19-5-3-4-6-20(19)31-2)23(28)27(24(22)29)12-11-26-13-15-32-16-14-26/h3-10,25H,11-16H2,1-2H3. The summed E-state index contributed by atoms with van der Waals surface area (Å²) >= 11 is 0. The second-order valence-electron chi connectivity index (χ2n) is 7.52. The Morgan fingerprint density at radius 1 is 0.906 bits per heavy atom. The molecule has 0 bridgehead atoms. The molecule has 2 aromatic carbocycles. The number of benzene rings is 2. The normalized spacial score (nSPS) is 17.1. The number of hydrogen-bond donors (Lipinski definition) is 1. The van der Waals surface area contributed by atoms with Crippen LogP contribution in [-0.2, 0) is 14.3 Å². The maximum atomic E-state index is 13.4. The zero-order chi connectivity index (χ0) is 22.5. The highest BCUT2D eigenvalue weighted by Gasteiger charge is 2.40. The molecular weight excluding hydrogens is 410 g/mol. The molecule has 0 unspecified atom stereocenters. The number of anilines is 1. The van der Waals surface area contributed by atoms with Crippen LogP contribution in [0.1, 0.15) is 5.56 Å². The first kappa shape index (κ1) is 21.9. The number of methoxy groups -OCH3 is 2. The highest BCUT2D eigenvalue weighted by molar-refractivity contribution is 6.37. The molecule has 0 saturated carbocycles. The molecule has 8 heteroatoms. The highest BCUT2D eigenvalue weighted by atomic mass is 16.5. The molecule has 8 nitrogen and oxygen atoms in total. The van der Waals surface area contributed by atoms with Gasteiger partial charge in [0, 0.05) is 37.4 Å². The lowest BCUT2D eigenvalue weighted by Crippen LogP contribution is -2.43. The quantitative estimate of drug-likeness (QED) is 0.635. The molecule has 32 heavy (non-hydrogen) atoms. The summed E-state index contributed by atoms with van der Waals surface area (Å²) in [5, 5.41) is 3.16. The number of hydrogen-bond acceptors (Lipinski definition) is 7. The van der Waals surface area contributed by atoms with E-state index in [1.807, 2.05) is 12.1 Å². The summed E-state index contributed by atoms with van der Waals surface area (Å²) in [7, 11) is 3.14. The first-order chi connectivity index (χ1) is 15.6. The second-order valence-corrected chi connectivity index (χ2v) is 7.52.